The van der Waals surface area contributed by atoms with Crippen molar-refractivity contribution >= 4 is 23.5 Å². The van der Waals surface area contributed by atoms with Crippen molar-refractivity contribution in [1.29, 1.82) is 0 Å². The first kappa shape index (κ1) is 15.2. The van der Waals surface area contributed by atoms with E-state index in [0.29, 0.717) is 0 Å². The quantitative estimate of drug-likeness (QED) is 0.570. The molecule has 4 fully saturated rings. The molecule has 6 heteroatoms. The number of hydrogen-bond donors (Lipinski definition) is 0. The number of ether oxygens (including phenoxy) is 2. The van der Waals surface area contributed by atoms with Crippen LogP contribution in [0.5, 0.6) is 0 Å². The molecule has 0 heterocycles. The van der Waals surface area contributed by atoms with Crippen LogP contribution in [-0.2, 0) is 28.7 Å². The fourth-order valence-corrected chi connectivity index (χ4v) is 4.62. The Morgan fingerprint density at radius 2 is 1.27 bits per heavy atom. The van der Waals surface area contributed by atoms with Gasteiger partial charge in [0.05, 0.1) is 13.2 Å². The van der Waals surface area contributed by atoms with Crippen LogP contribution in [0.4, 0.5) is 0 Å². The molecule has 4 bridgehead atoms. The molecule has 0 atom stereocenters. The Morgan fingerprint density at radius 3 is 1.59 bits per heavy atom. The van der Waals surface area contributed by atoms with Crippen molar-refractivity contribution in [2.75, 3.05) is 13.2 Å². The van der Waals surface area contributed by atoms with Gasteiger partial charge in [0.2, 0.25) is 0 Å². The van der Waals surface area contributed by atoms with Crippen LogP contribution in [0.3, 0.4) is 0 Å². The molecule has 0 aromatic rings. The van der Waals surface area contributed by atoms with Crippen molar-refractivity contribution in [2.45, 2.75) is 39.5 Å². The first-order valence-corrected chi connectivity index (χ1v) is 7.84. The van der Waals surface area contributed by atoms with Crippen molar-refractivity contribution in [2.24, 2.45) is 22.7 Å². The Bertz CT molecular complexity index is 505. The lowest BCUT2D eigenvalue weighted by atomic mass is 9.43. The molecule has 0 aromatic heterocycles. The summed E-state index contributed by atoms with van der Waals surface area (Å²) in [5, 5.41) is 0. The van der Waals surface area contributed by atoms with Crippen molar-refractivity contribution in [3.05, 3.63) is 0 Å². The fourth-order valence-electron chi connectivity index (χ4n) is 4.62. The average molecular weight is 308 g/mol. The monoisotopic (exact) mass is 308 g/mol. The molecule has 0 saturated heterocycles. The van der Waals surface area contributed by atoms with E-state index in [1.807, 2.05) is 0 Å². The fraction of sp³-hybridized carbons (Fsp3) is 0.750. The zero-order chi connectivity index (χ0) is 16.1. The summed E-state index contributed by atoms with van der Waals surface area (Å²) < 4.78 is 10.2. The van der Waals surface area contributed by atoms with Crippen LogP contribution in [0, 0.1) is 22.7 Å². The van der Waals surface area contributed by atoms with Crippen molar-refractivity contribution in [3.63, 3.8) is 0 Å². The number of Topliss-reactive ketones (excluding diaryl/α,β-unsaturated/α-hetero) is 2. The van der Waals surface area contributed by atoms with E-state index in [-0.39, 0.29) is 44.7 Å². The Labute approximate surface area is 128 Å². The van der Waals surface area contributed by atoms with Gasteiger partial charge in [-0.15, -0.1) is 0 Å². The molecule has 0 radical (unpaired) electrons. The molecule has 0 aromatic carbocycles. The second-order valence-corrected chi connectivity index (χ2v) is 6.55. The Hall–Kier alpha value is -1.72. The highest BCUT2D eigenvalue weighted by atomic mass is 16.5. The smallest absolute Gasteiger partial charge is 0.319 e. The molecular weight excluding hydrogens is 288 g/mol. The van der Waals surface area contributed by atoms with Crippen molar-refractivity contribution < 1.29 is 28.7 Å². The van der Waals surface area contributed by atoms with Gasteiger partial charge in [-0.1, -0.05) is 0 Å². The van der Waals surface area contributed by atoms with E-state index in [0.717, 1.165) is 0 Å². The number of esters is 2. The molecule has 0 spiro atoms. The summed E-state index contributed by atoms with van der Waals surface area (Å²) in [6.45, 7) is 3.69. The third kappa shape index (κ3) is 1.72. The molecular formula is C16H20O6. The summed E-state index contributed by atoms with van der Waals surface area (Å²) in [6.07, 6.45) is 0.727. The minimum absolute atomic E-state index is 0.0762. The van der Waals surface area contributed by atoms with Crippen LogP contribution < -0.4 is 0 Å². The topological polar surface area (TPSA) is 86.7 Å². The summed E-state index contributed by atoms with van der Waals surface area (Å²) in [7, 11) is 0. The summed E-state index contributed by atoms with van der Waals surface area (Å²) in [5.74, 6) is -2.33. The average Bonchev–Trinajstić information content (AvgIpc) is 2.47. The predicted octanol–water partition coefficient (Wildman–Crippen LogP) is 1.06. The van der Waals surface area contributed by atoms with E-state index < -0.39 is 40.4 Å². The van der Waals surface area contributed by atoms with E-state index in [1.165, 1.54) is 0 Å². The largest absolute Gasteiger partial charge is 0.465 e. The lowest BCUT2D eigenvalue weighted by molar-refractivity contribution is -0.194. The van der Waals surface area contributed by atoms with Crippen LogP contribution in [0.2, 0.25) is 0 Å². The second kappa shape index (κ2) is 4.89. The molecule has 0 N–H and O–H groups in total. The van der Waals surface area contributed by atoms with Crippen LogP contribution in [0.1, 0.15) is 39.5 Å². The minimum atomic E-state index is -1.33. The molecule has 4 aliphatic carbocycles. The molecule has 4 aliphatic rings. The zero-order valence-corrected chi connectivity index (χ0v) is 12.8. The first-order valence-electron chi connectivity index (χ1n) is 7.84. The third-order valence-corrected chi connectivity index (χ3v) is 5.39. The molecule has 0 unspecified atom stereocenters. The van der Waals surface area contributed by atoms with E-state index in [2.05, 4.69) is 0 Å². The van der Waals surface area contributed by atoms with Crippen LogP contribution in [0.15, 0.2) is 0 Å². The molecule has 22 heavy (non-hydrogen) atoms. The van der Waals surface area contributed by atoms with E-state index in [9.17, 15) is 19.2 Å². The highest BCUT2D eigenvalue weighted by molar-refractivity contribution is 6.18. The minimum Gasteiger partial charge on any atom is -0.465 e. The van der Waals surface area contributed by atoms with Gasteiger partial charge < -0.3 is 9.47 Å². The summed E-state index contributed by atoms with van der Waals surface area (Å²) in [4.78, 5) is 50.2. The SMILES string of the molecule is CCOC(=O)C12CC3CC(C(=O)OCC)(CC(C1)C3=O)C2=O. The maximum atomic E-state index is 13.0. The molecule has 6 nitrogen and oxygen atoms in total. The van der Waals surface area contributed by atoms with E-state index in [4.69, 9.17) is 9.47 Å². The summed E-state index contributed by atoms with van der Waals surface area (Å²) in [5.41, 5.74) is -2.66. The first-order chi connectivity index (χ1) is 10.4. The third-order valence-electron chi connectivity index (χ3n) is 5.39. The van der Waals surface area contributed by atoms with Gasteiger partial charge in [0, 0.05) is 11.8 Å². The van der Waals surface area contributed by atoms with E-state index in [1.54, 1.807) is 13.8 Å². The number of ketones is 2. The van der Waals surface area contributed by atoms with Gasteiger partial charge in [-0.3, -0.25) is 19.2 Å². The Balaban J connectivity index is 2.05. The van der Waals surface area contributed by atoms with Gasteiger partial charge in [0.25, 0.3) is 0 Å². The van der Waals surface area contributed by atoms with Gasteiger partial charge in [-0.05, 0) is 39.5 Å². The van der Waals surface area contributed by atoms with Crippen LogP contribution >= 0.6 is 0 Å². The van der Waals surface area contributed by atoms with Gasteiger partial charge in [-0.2, -0.15) is 0 Å². The maximum Gasteiger partial charge on any atom is 0.319 e. The zero-order valence-electron chi connectivity index (χ0n) is 12.8. The Morgan fingerprint density at radius 1 is 0.909 bits per heavy atom. The standard InChI is InChI=1S/C16H20O6/c1-3-21-13(19)15-5-9-7-16(12(15)18,14(20)22-4-2)8-10(6-15)11(9)17/h9-10H,3-8H2,1-2H3. The number of carbonyl (C=O) groups is 4. The van der Waals surface area contributed by atoms with Crippen molar-refractivity contribution in [3.8, 4) is 0 Å². The molecule has 120 valence electrons. The van der Waals surface area contributed by atoms with Gasteiger partial charge in [0.1, 0.15) is 16.6 Å². The molecule has 4 saturated carbocycles. The summed E-state index contributed by atoms with van der Waals surface area (Å²) in [6, 6.07) is 0. The highest BCUT2D eigenvalue weighted by Crippen LogP contribution is 2.62. The second-order valence-electron chi connectivity index (χ2n) is 6.55. The molecule has 4 rings (SSSR count). The van der Waals surface area contributed by atoms with Gasteiger partial charge in [-0.25, -0.2) is 0 Å². The van der Waals surface area contributed by atoms with Crippen LogP contribution in [0.25, 0.3) is 0 Å². The number of rotatable bonds is 4. The van der Waals surface area contributed by atoms with Gasteiger partial charge in [0.15, 0.2) is 5.78 Å². The normalized spacial score (nSPS) is 39.0. The molecule has 0 aliphatic heterocycles. The number of hydrogen-bond acceptors (Lipinski definition) is 6. The maximum absolute atomic E-state index is 13.0. The summed E-state index contributed by atoms with van der Waals surface area (Å²) >= 11 is 0. The lowest BCUT2D eigenvalue weighted by Gasteiger charge is -2.56. The van der Waals surface area contributed by atoms with Crippen molar-refractivity contribution in [1.82, 2.24) is 0 Å². The van der Waals surface area contributed by atoms with Gasteiger partial charge >= 0.3 is 11.9 Å². The highest BCUT2D eigenvalue weighted by Gasteiger charge is 2.72. The lowest BCUT2D eigenvalue weighted by Crippen LogP contribution is -2.67. The van der Waals surface area contributed by atoms with Crippen LogP contribution in [-0.4, -0.2) is 36.7 Å². The molecule has 0 amide bonds. The Kier molecular flexibility index (Phi) is 3.38. The number of carbonyl (C=O) groups excluding carboxylic acids is 4. The predicted molar refractivity (Wildman–Crippen MR) is 73.6 cm³/mol. The van der Waals surface area contributed by atoms with E-state index >= 15 is 0 Å².